The number of ether oxygens (including phenoxy) is 2. The summed E-state index contributed by atoms with van der Waals surface area (Å²) in [6.45, 7) is -1.47. The van der Waals surface area contributed by atoms with Crippen LogP contribution < -0.4 is 0 Å². The van der Waals surface area contributed by atoms with Gasteiger partial charge in [0.15, 0.2) is 13.3 Å². The van der Waals surface area contributed by atoms with Gasteiger partial charge in [-0.15, -0.1) is 4.39 Å². The lowest BCUT2D eigenvalue weighted by molar-refractivity contribution is -0.245. The van der Waals surface area contributed by atoms with Gasteiger partial charge < -0.3 is 9.47 Å². The number of hydrogen-bond acceptors (Lipinski definition) is 5. The second-order valence-corrected chi connectivity index (χ2v) is 3.72. The van der Waals surface area contributed by atoms with Crippen molar-refractivity contribution in [1.82, 2.24) is 0 Å². The zero-order valence-corrected chi connectivity index (χ0v) is 13.9. The maximum Gasteiger partial charge on any atom is 0.495 e. The molecular formula is C12H15F11O5. The molecule has 0 aliphatic heterocycles. The third-order valence-corrected chi connectivity index (χ3v) is 1.25. The van der Waals surface area contributed by atoms with E-state index >= 15 is 0 Å². The summed E-state index contributed by atoms with van der Waals surface area (Å²) in [7, 11) is 0. The van der Waals surface area contributed by atoms with E-state index < -0.39 is 44.8 Å². The van der Waals surface area contributed by atoms with Crippen LogP contribution in [0.25, 0.3) is 0 Å². The predicted octanol–water partition coefficient (Wildman–Crippen LogP) is 5.06. The van der Waals surface area contributed by atoms with Crippen LogP contribution in [-0.2, 0) is 19.2 Å². The normalized spacial score (nSPS) is 10.0. The molecule has 28 heavy (non-hydrogen) atoms. The van der Waals surface area contributed by atoms with Crippen molar-refractivity contribution in [1.29, 1.82) is 0 Å². The average Bonchev–Trinajstić information content (AvgIpc) is 2.51. The van der Waals surface area contributed by atoms with Crippen LogP contribution in [0.3, 0.4) is 0 Å². The minimum absolute atomic E-state index is 0.165. The van der Waals surface area contributed by atoms with Gasteiger partial charge in [-0.25, -0.2) is 22.8 Å². The molecule has 0 rings (SSSR count). The molecule has 0 saturated heterocycles. The highest BCUT2D eigenvalue weighted by atomic mass is 19.4. The minimum atomic E-state index is -4.62. The number of rotatable bonds is 5. The van der Waals surface area contributed by atoms with E-state index in [1.54, 1.807) is 0 Å². The fraction of sp³-hybridized carbons (Fsp3) is 0.667. The third kappa shape index (κ3) is 49.6. The molecule has 0 fully saturated rings. The van der Waals surface area contributed by atoms with Crippen LogP contribution in [0.1, 0.15) is 6.92 Å². The highest BCUT2D eigenvalue weighted by Gasteiger charge is 2.28. The molecule has 0 amide bonds. The fourth-order valence-electron chi connectivity index (χ4n) is 0.441. The molecule has 0 N–H and O–H groups in total. The second kappa shape index (κ2) is 19.6. The molecule has 0 bridgehead atoms. The van der Waals surface area contributed by atoms with Crippen molar-refractivity contribution in [3.05, 3.63) is 12.2 Å². The highest BCUT2D eigenvalue weighted by Crippen LogP contribution is 2.14. The Hall–Kier alpha value is -2.13. The molecule has 0 aromatic rings. The summed E-state index contributed by atoms with van der Waals surface area (Å²) < 4.78 is 123. The van der Waals surface area contributed by atoms with E-state index in [4.69, 9.17) is 0 Å². The van der Waals surface area contributed by atoms with Crippen LogP contribution in [0.15, 0.2) is 12.2 Å². The second-order valence-electron chi connectivity index (χ2n) is 3.72. The summed E-state index contributed by atoms with van der Waals surface area (Å²) in [4.78, 5) is 22.5. The van der Waals surface area contributed by atoms with Crippen LogP contribution in [0.5, 0.6) is 0 Å². The van der Waals surface area contributed by atoms with Gasteiger partial charge in [-0.1, -0.05) is 6.58 Å². The Morgan fingerprint density at radius 1 is 0.893 bits per heavy atom. The Morgan fingerprint density at radius 2 is 1.25 bits per heavy atom. The SMILES string of the molecule is C=C(C)C(=O)OCCOC(=O)F.FCC(F)(F)F.FCF.FOCC(F)(F)F. The lowest BCUT2D eigenvalue weighted by Gasteiger charge is -2.02. The number of carbonyl (C=O) groups excluding carboxylic acids is 2. The van der Waals surface area contributed by atoms with Gasteiger partial charge in [0.25, 0.3) is 0 Å². The van der Waals surface area contributed by atoms with Gasteiger partial charge >= 0.3 is 24.5 Å². The van der Waals surface area contributed by atoms with Crippen LogP contribution >= 0.6 is 0 Å². The van der Waals surface area contributed by atoms with Crippen LogP contribution in [0.2, 0.25) is 0 Å². The summed E-state index contributed by atoms with van der Waals surface area (Å²) >= 11 is 0. The number of alkyl halides is 9. The quantitative estimate of drug-likeness (QED) is 0.193. The molecule has 5 nitrogen and oxygen atoms in total. The molecule has 0 aliphatic rings. The van der Waals surface area contributed by atoms with Crippen LogP contribution in [0, 0.1) is 0 Å². The van der Waals surface area contributed by atoms with Crippen LogP contribution in [-0.4, -0.2) is 58.0 Å². The highest BCUT2D eigenvalue weighted by molar-refractivity contribution is 5.86. The molecule has 16 heteroatoms. The lowest BCUT2D eigenvalue weighted by Crippen LogP contribution is -2.13. The molecule has 0 aliphatic carbocycles. The van der Waals surface area contributed by atoms with Crippen molar-refractivity contribution in [3.8, 4) is 0 Å². The van der Waals surface area contributed by atoms with Gasteiger partial charge in [-0.05, 0) is 11.4 Å². The molecule has 0 aromatic carbocycles. The first-order valence-electron chi connectivity index (χ1n) is 6.27. The minimum Gasteiger partial charge on any atom is -0.459 e. The van der Waals surface area contributed by atoms with Gasteiger partial charge in [0, 0.05) is 5.57 Å². The molecule has 0 heterocycles. The van der Waals surface area contributed by atoms with E-state index in [9.17, 15) is 58.0 Å². The Kier molecular flexibility index (Phi) is 23.4. The first kappa shape index (κ1) is 33.5. The Labute approximate surface area is 150 Å². The van der Waals surface area contributed by atoms with E-state index in [1.807, 2.05) is 0 Å². The van der Waals surface area contributed by atoms with Gasteiger partial charge in [-0.2, -0.15) is 31.3 Å². The molecule has 170 valence electrons. The van der Waals surface area contributed by atoms with Crippen molar-refractivity contribution < 1.29 is 72.4 Å². The topological polar surface area (TPSA) is 61.8 Å². The molecule has 0 unspecified atom stereocenters. The first-order valence-corrected chi connectivity index (χ1v) is 6.27. The van der Waals surface area contributed by atoms with Gasteiger partial charge in [0.1, 0.15) is 13.2 Å². The van der Waals surface area contributed by atoms with E-state index in [-0.39, 0.29) is 18.8 Å². The molecule has 0 saturated carbocycles. The van der Waals surface area contributed by atoms with Crippen molar-refractivity contribution in [2.24, 2.45) is 0 Å². The average molecular weight is 448 g/mol. The zero-order chi connectivity index (χ0) is 23.4. The smallest absolute Gasteiger partial charge is 0.459 e. The predicted molar refractivity (Wildman–Crippen MR) is 70.5 cm³/mol. The van der Waals surface area contributed by atoms with E-state index in [0.29, 0.717) is 0 Å². The van der Waals surface area contributed by atoms with Crippen LogP contribution in [0.4, 0.5) is 53.2 Å². The summed E-state index contributed by atoms with van der Waals surface area (Å²) in [5.74, 6) is -0.593. The molecule has 0 spiro atoms. The maximum atomic E-state index is 11.4. The summed E-state index contributed by atoms with van der Waals surface area (Å²) in [6, 6.07) is 0. The van der Waals surface area contributed by atoms with Crippen molar-refractivity contribution in [2.75, 3.05) is 33.4 Å². The van der Waals surface area contributed by atoms with Gasteiger partial charge in [-0.3, -0.25) is 0 Å². The Morgan fingerprint density at radius 3 is 1.43 bits per heavy atom. The summed E-state index contributed by atoms with van der Waals surface area (Å²) in [5.41, 5.74) is 0.238. The zero-order valence-electron chi connectivity index (χ0n) is 13.9. The van der Waals surface area contributed by atoms with Crippen molar-refractivity contribution >= 4 is 12.2 Å². The fourth-order valence-corrected chi connectivity index (χ4v) is 0.441. The summed E-state index contributed by atoms with van der Waals surface area (Å²) in [5, 5.41) is 0. The molecule has 0 atom stereocenters. The van der Waals surface area contributed by atoms with E-state index in [1.165, 1.54) is 6.92 Å². The number of esters is 1. The molecule has 0 radical (unpaired) electrons. The standard InChI is InChI=1S/C7H9FO4.C2H2F4O.C2H2F4.CH2F2/c1-5(2)6(9)11-3-4-12-7(8)10;3-2(4,5)1-7-6;3-1-2(4,5)6;2-1-3/h1,3-4H2,2H3;1H2;1H2;1H2. The maximum absolute atomic E-state index is 11.4. The van der Waals surface area contributed by atoms with Crippen molar-refractivity contribution in [2.45, 2.75) is 19.3 Å². The summed E-state index contributed by atoms with van der Waals surface area (Å²) in [6.07, 6.45) is -11.1. The number of halogens is 11. The van der Waals surface area contributed by atoms with Gasteiger partial charge in [0.05, 0.1) is 0 Å². The third-order valence-electron chi connectivity index (χ3n) is 1.25. The Balaban J connectivity index is -0.000000154. The van der Waals surface area contributed by atoms with E-state index in [2.05, 4.69) is 21.0 Å². The number of carbonyl (C=O) groups is 2. The Bertz CT molecular complexity index is 410. The largest absolute Gasteiger partial charge is 0.495 e. The monoisotopic (exact) mass is 448 g/mol. The first-order chi connectivity index (χ1) is 12.6. The molecule has 0 aromatic heterocycles. The van der Waals surface area contributed by atoms with E-state index in [0.717, 1.165) is 0 Å². The molecular weight excluding hydrogens is 433 g/mol. The number of hydrogen-bond donors (Lipinski definition) is 0. The lowest BCUT2D eigenvalue weighted by atomic mass is 10.4. The van der Waals surface area contributed by atoms with Gasteiger partial charge in [0.2, 0.25) is 6.93 Å². The van der Waals surface area contributed by atoms with Crippen molar-refractivity contribution in [3.63, 3.8) is 0 Å².